The molecule has 0 saturated carbocycles. The highest BCUT2D eigenvalue weighted by Crippen LogP contribution is 2.23. The van der Waals surface area contributed by atoms with Crippen LogP contribution in [0.4, 0.5) is 15.8 Å². The molecular formula is C12H7ClFN3. The zero-order valence-corrected chi connectivity index (χ0v) is 9.37. The fraction of sp³-hybridized carbons (Fsp3) is 0. The second-order valence-corrected chi connectivity index (χ2v) is 3.69. The number of rotatable bonds is 2. The van der Waals surface area contributed by atoms with Crippen molar-refractivity contribution in [3.63, 3.8) is 0 Å². The summed E-state index contributed by atoms with van der Waals surface area (Å²) < 4.78 is 13.2. The van der Waals surface area contributed by atoms with E-state index in [0.29, 0.717) is 16.9 Å². The van der Waals surface area contributed by atoms with Crippen molar-refractivity contribution in [3.8, 4) is 6.07 Å². The lowest BCUT2D eigenvalue weighted by atomic mass is 10.2. The second kappa shape index (κ2) is 4.81. The molecule has 84 valence electrons. The Balaban J connectivity index is 2.32. The molecular weight excluding hydrogens is 241 g/mol. The van der Waals surface area contributed by atoms with E-state index in [9.17, 15) is 4.39 Å². The van der Waals surface area contributed by atoms with Gasteiger partial charge in [0, 0.05) is 11.9 Å². The summed E-state index contributed by atoms with van der Waals surface area (Å²) in [5.41, 5.74) is 1.48. The Morgan fingerprint density at radius 3 is 2.88 bits per heavy atom. The molecule has 3 nitrogen and oxygen atoms in total. The van der Waals surface area contributed by atoms with Crippen molar-refractivity contribution in [3.05, 3.63) is 53.1 Å². The van der Waals surface area contributed by atoms with Crippen LogP contribution in [0.2, 0.25) is 5.02 Å². The first-order valence-electron chi connectivity index (χ1n) is 4.77. The number of pyridine rings is 1. The summed E-state index contributed by atoms with van der Waals surface area (Å²) in [5.74, 6) is -0.515. The molecule has 0 fully saturated rings. The van der Waals surface area contributed by atoms with Gasteiger partial charge in [-0.1, -0.05) is 11.6 Å². The Hall–Kier alpha value is -2.12. The predicted octanol–water partition coefficient (Wildman–Crippen LogP) is 3.49. The van der Waals surface area contributed by atoms with Crippen molar-refractivity contribution in [1.29, 1.82) is 5.26 Å². The van der Waals surface area contributed by atoms with E-state index in [1.807, 2.05) is 6.07 Å². The number of anilines is 2. The van der Waals surface area contributed by atoms with Crippen molar-refractivity contribution < 1.29 is 4.39 Å². The minimum Gasteiger partial charge on any atom is -0.353 e. The molecule has 2 rings (SSSR count). The van der Waals surface area contributed by atoms with Gasteiger partial charge in [0.05, 0.1) is 22.5 Å². The summed E-state index contributed by atoms with van der Waals surface area (Å²) in [6.45, 7) is 0. The van der Waals surface area contributed by atoms with Gasteiger partial charge in [0.2, 0.25) is 0 Å². The summed E-state index contributed by atoms with van der Waals surface area (Å²) in [7, 11) is 0. The Bertz CT molecular complexity index is 593. The number of nitrogens with zero attached hydrogens (tertiary/aromatic N) is 2. The van der Waals surface area contributed by atoms with Crippen LogP contribution >= 0.6 is 11.6 Å². The lowest BCUT2D eigenvalue weighted by Crippen LogP contribution is -1.95. The van der Waals surface area contributed by atoms with Gasteiger partial charge in [-0.2, -0.15) is 5.26 Å². The van der Waals surface area contributed by atoms with E-state index in [1.54, 1.807) is 12.1 Å². The number of nitrogens with one attached hydrogen (secondary N) is 1. The fourth-order valence-electron chi connectivity index (χ4n) is 1.32. The zero-order valence-electron chi connectivity index (χ0n) is 8.61. The van der Waals surface area contributed by atoms with Crippen LogP contribution in [0.15, 0.2) is 36.7 Å². The number of halogens is 2. The van der Waals surface area contributed by atoms with E-state index in [1.165, 1.54) is 24.5 Å². The Morgan fingerprint density at radius 1 is 1.35 bits per heavy atom. The smallest absolute Gasteiger partial charge is 0.143 e. The average Bonchev–Trinajstić information content (AvgIpc) is 2.34. The Labute approximate surface area is 102 Å². The molecule has 1 aromatic heterocycles. The largest absolute Gasteiger partial charge is 0.353 e. The first kappa shape index (κ1) is 11.4. The molecule has 2 aromatic rings. The third-order valence-corrected chi connectivity index (χ3v) is 2.45. The standard InChI is InChI=1S/C12H7ClFN3/c13-10-2-1-9(5-11(10)14)17-12-7-16-4-3-8(12)6-15/h1-5,7,17H. The van der Waals surface area contributed by atoms with Crippen LogP contribution in [0.5, 0.6) is 0 Å². The molecule has 0 spiro atoms. The highest BCUT2D eigenvalue weighted by molar-refractivity contribution is 6.30. The van der Waals surface area contributed by atoms with E-state index in [0.717, 1.165) is 0 Å². The summed E-state index contributed by atoms with van der Waals surface area (Å²) in [5, 5.41) is 11.8. The number of hydrogen-bond acceptors (Lipinski definition) is 3. The van der Waals surface area contributed by atoms with Gasteiger partial charge >= 0.3 is 0 Å². The van der Waals surface area contributed by atoms with Gasteiger partial charge in [0.15, 0.2) is 0 Å². The van der Waals surface area contributed by atoms with Gasteiger partial charge < -0.3 is 5.32 Å². The van der Waals surface area contributed by atoms with Crippen molar-refractivity contribution in [2.75, 3.05) is 5.32 Å². The molecule has 0 atom stereocenters. The maximum Gasteiger partial charge on any atom is 0.143 e. The molecule has 0 aliphatic heterocycles. The molecule has 1 N–H and O–H groups in total. The van der Waals surface area contributed by atoms with Gasteiger partial charge in [-0.3, -0.25) is 4.98 Å². The molecule has 5 heteroatoms. The van der Waals surface area contributed by atoms with E-state index in [2.05, 4.69) is 10.3 Å². The van der Waals surface area contributed by atoms with Crippen molar-refractivity contribution in [2.45, 2.75) is 0 Å². The maximum atomic E-state index is 13.2. The van der Waals surface area contributed by atoms with Gasteiger partial charge in [0.1, 0.15) is 11.9 Å². The summed E-state index contributed by atoms with van der Waals surface area (Å²) >= 11 is 5.57. The zero-order chi connectivity index (χ0) is 12.3. The molecule has 0 aliphatic carbocycles. The first-order valence-corrected chi connectivity index (χ1v) is 5.14. The third-order valence-electron chi connectivity index (χ3n) is 2.14. The number of aromatic nitrogens is 1. The highest BCUT2D eigenvalue weighted by atomic mass is 35.5. The van der Waals surface area contributed by atoms with Crippen LogP contribution in [-0.2, 0) is 0 Å². The molecule has 1 aromatic carbocycles. The van der Waals surface area contributed by atoms with E-state index in [4.69, 9.17) is 16.9 Å². The number of benzene rings is 1. The topological polar surface area (TPSA) is 48.7 Å². The normalized spacial score (nSPS) is 9.71. The minimum absolute atomic E-state index is 0.0576. The van der Waals surface area contributed by atoms with Gasteiger partial charge in [-0.15, -0.1) is 0 Å². The predicted molar refractivity (Wildman–Crippen MR) is 63.6 cm³/mol. The van der Waals surface area contributed by atoms with Crippen molar-refractivity contribution in [1.82, 2.24) is 4.98 Å². The van der Waals surface area contributed by atoms with Gasteiger partial charge in [-0.25, -0.2) is 4.39 Å². The molecule has 17 heavy (non-hydrogen) atoms. The molecule has 0 saturated heterocycles. The lowest BCUT2D eigenvalue weighted by molar-refractivity contribution is 0.629. The van der Waals surface area contributed by atoms with Gasteiger partial charge in [0.25, 0.3) is 0 Å². The SMILES string of the molecule is N#Cc1ccncc1Nc1ccc(Cl)c(F)c1. The molecule has 0 aliphatic rings. The monoisotopic (exact) mass is 247 g/mol. The third kappa shape index (κ3) is 2.52. The van der Waals surface area contributed by atoms with Crippen LogP contribution < -0.4 is 5.32 Å². The number of hydrogen-bond donors (Lipinski definition) is 1. The van der Waals surface area contributed by atoms with Crippen LogP contribution in [0.25, 0.3) is 0 Å². The van der Waals surface area contributed by atoms with Crippen LogP contribution in [0.3, 0.4) is 0 Å². The fourth-order valence-corrected chi connectivity index (χ4v) is 1.44. The molecule has 1 heterocycles. The molecule has 0 bridgehead atoms. The summed E-state index contributed by atoms with van der Waals surface area (Å²) in [4.78, 5) is 3.90. The molecule has 0 unspecified atom stereocenters. The first-order chi connectivity index (χ1) is 8.20. The highest BCUT2D eigenvalue weighted by Gasteiger charge is 2.04. The Morgan fingerprint density at radius 2 is 2.18 bits per heavy atom. The number of nitriles is 1. The quantitative estimate of drug-likeness (QED) is 0.884. The average molecular weight is 248 g/mol. The van der Waals surface area contributed by atoms with Gasteiger partial charge in [-0.05, 0) is 24.3 Å². The van der Waals surface area contributed by atoms with Crippen LogP contribution in [0, 0.1) is 17.1 Å². The summed E-state index contributed by atoms with van der Waals surface area (Å²) in [6, 6.07) is 7.93. The van der Waals surface area contributed by atoms with Crippen LogP contribution in [0.1, 0.15) is 5.56 Å². The second-order valence-electron chi connectivity index (χ2n) is 3.29. The maximum absolute atomic E-state index is 13.2. The minimum atomic E-state index is -0.515. The molecule has 0 radical (unpaired) electrons. The van der Waals surface area contributed by atoms with Crippen molar-refractivity contribution in [2.24, 2.45) is 0 Å². The summed E-state index contributed by atoms with van der Waals surface area (Å²) in [6.07, 6.45) is 3.03. The van der Waals surface area contributed by atoms with Crippen LogP contribution in [-0.4, -0.2) is 4.98 Å². The van der Waals surface area contributed by atoms with E-state index >= 15 is 0 Å². The van der Waals surface area contributed by atoms with E-state index < -0.39 is 5.82 Å². The lowest BCUT2D eigenvalue weighted by Gasteiger charge is -2.07. The molecule has 0 amide bonds. The Kier molecular flexibility index (Phi) is 3.22. The van der Waals surface area contributed by atoms with Crippen molar-refractivity contribution >= 4 is 23.0 Å². The van der Waals surface area contributed by atoms with E-state index in [-0.39, 0.29) is 5.02 Å².